The Balaban J connectivity index is 1.68. The highest BCUT2D eigenvalue weighted by molar-refractivity contribution is 6.29. The van der Waals surface area contributed by atoms with Crippen LogP contribution in [0.1, 0.15) is 22.8 Å². The highest BCUT2D eigenvalue weighted by Crippen LogP contribution is 2.24. The van der Waals surface area contributed by atoms with Crippen molar-refractivity contribution in [2.75, 3.05) is 42.9 Å². The van der Waals surface area contributed by atoms with Gasteiger partial charge >= 0.3 is 0 Å². The molecule has 6 heteroatoms. The van der Waals surface area contributed by atoms with Crippen molar-refractivity contribution in [3.8, 4) is 0 Å². The van der Waals surface area contributed by atoms with E-state index in [4.69, 9.17) is 11.6 Å². The number of pyridine rings is 1. The molecule has 25 heavy (non-hydrogen) atoms. The molecule has 0 spiro atoms. The Bertz CT molecular complexity index is 740. The van der Waals surface area contributed by atoms with Gasteiger partial charge in [0.2, 0.25) is 0 Å². The first kappa shape index (κ1) is 17.7. The first-order valence-electron chi connectivity index (χ1n) is 8.57. The van der Waals surface area contributed by atoms with Crippen molar-refractivity contribution in [3.63, 3.8) is 0 Å². The molecule has 1 saturated heterocycles. The maximum atomic E-state index is 12.3. The first-order chi connectivity index (χ1) is 12.1. The van der Waals surface area contributed by atoms with Crippen LogP contribution >= 0.6 is 11.6 Å². The molecule has 1 aliphatic rings. The average Bonchev–Trinajstić information content (AvgIpc) is 2.64. The van der Waals surface area contributed by atoms with Crippen molar-refractivity contribution in [1.82, 2.24) is 9.88 Å². The molecule has 1 aromatic carbocycles. The fourth-order valence-electron chi connectivity index (χ4n) is 3.01. The number of aromatic nitrogens is 1. The van der Waals surface area contributed by atoms with Gasteiger partial charge in [-0.3, -0.25) is 4.79 Å². The summed E-state index contributed by atoms with van der Waals surface area (Å²) in [6, 6.07) is 9.46. The highest BCUT2D eigenvalue weighted by atomic mass is 35.5. The van der Waals surface area contributed by atoms with Crippen molar-refractivity contribution in [2.45, 2.75) is 13.8 Å². The van der Waals surface area contributed by atoms with E-state index >= 15 is 0 Å². The van der Waals surface area contributed by atoms with Gasteiger partial charge in [0.1, 0.15) is 5.15 Å². The molecular formula is C19H23ClN4O. The number of nitrogens with zero attached hydrogens (tertiary/aromatic N) is 3. The van der Waals surface area contributed by atoms with E-state index in [9.17, 15) is 4.79 Å². The number of likely N-dealkylation sites (N-methyl/N-ethyl adjacent to an activating group) is 1. The quantitative estimate of drug-likeness (QED) is 0.850. The third-order valence-corrected chi connectivity index (χ3v) is 4.86. The number of amides is 1. The summed E-state index contributed by atoms with van der Waals surface area (Å²) >= 11 is 5.76. The van der Waals surface area contributed by atoms with Gasteiger partial charge in [0.05, 0.1) is 5.56 Å². The molecule has 2 heterocycles. The molecule has 2 aromatic rings. The van der Waals surface area contributed by atoms with Gasteiger partial charge in [-0.25, -0.2) is 4.98 Å². The number of anilines is 2. The van der Waals surface area contributed by atoms with Crippen LogP contribution in [-0.2, 0) is 0 Å². The summed E-state index contributed by atoms with van der Waals surface area (Å²) in [6.45, 7) is 9.59. The second-order valence-corrected chi connectivity index (χ2v) is 6.63. The summed E-state index contributed by atoms with van der Waals surface area (Å²) in [5, 5.41) is 3.32. The van der Waals surface area contributed by atoms with Gasteiger partial charge in [-0.1, -0.05) is 18.5 Å². The number of aryl methyl sites for hydroxylation is 1. The fraction of sp³-hybridized carbons (Fsp3) is 0.368. The summed E-state index contributed by atoms with van der Waals surface area (Å²) in [6.07, 6.45) is 1.48. The van der Waals surface area contributed by atoms with E-state index < -0.39 is 0 Å². The fourth-order valence-corrected chi connectivity index (χ4v) is 3.12. The zero-order valence-corrected chi connectivity index (χ0v) is 15.4. The van der Waals surface area contributed by atoms with Gasteiger partial charge < -0.3 is 15.1 Å². The third-order valence-electron chi connectivity index (χ3n) is 4.63. The first-order valence-corrected chi connectivity index (χ1v) is 8.95. The van der Waals surface area contributed by atoms with Crippen LogP contribution in [0.3, 0.4) is 0 Å². The molecule has 3 rings (SSSR count). The minimum absolute atomic E-state index is 0.184. The normalized spacial score (nSPS) is 15.2. The molecule has 0 radical (unpaired) electrons. The molecule has 1 aromatic heterocycles. The molecule has 0 saturated carbocycles. The number of rotatable bonds is 4. The van der Waals surface area contributed by atoms with Crippen LogP contribution in [0.25, 0.3) is 0 Å². The number of carbonyl (C=O) groups is 1. The Morgan fingerprint density at radius 3 is 2.56 bits per heavy atom. The SMILES string of the molecule is CCN1CCN(c2ccc(NC(=O)c3ccc(Cl)nc3)c(C)c2)CC1. The standard InChI is InChI=1S/C19H23ClN4O/c1-3-23-8-10-24(11-9-23)16-5-6-17(14(2)12-16)22-19(25)15-4-7-18(20)21-13-15/h4-7,12-13H,3,8-11H2,1-2H3,(H,22,25). The van der Waals surface area contributed by atoms with Crippen LogP contribution in [0.5, 0.6) is 0 Å². The van der Waals surface area contributed by atoms with Gasteiger partial charge in [0, 0.05) is 43.8 Å². The molecule has 0 unspecified atom stereocenters. The third kappa shape index (κ3) is 4.30. The van der Waals surface area contributed by atoms with E-state index in [0.29, 0.717) is 10.7 Å². The maximum absolute atomic E-state index is 12.3. The van der Waals surface area contributed by atoms with E-state index in [1.807, 2.05) is 13.0 Å². The smallest absolute Gasteiger partial charge is 0.257 e. The topological polar surface area (TPSA) is 48.5 Å². The number of nitrogens with one attached hydrogen (secondary N) is 1. The Hall–Kier alpha value is -2.11. The van der Waals surface area contributed by atoms with Crippen molar-refractivity contribution < 1.29 is 4.79 Å². The van der Waals surface area contributed by atoms with E-state index in [2.05, 4.69) is 39.2 Å². The Morgan fingerprint density at radius 1 is 1.20 bits per heavy atom. The molecule has 132 valence electrons. The average molecular weight is 359 g/mol. The molecule has 1 aliphatic heterocycles. The Labute approximate surface area is 153 Å². The van der Waals surface area contributed by atoms with Gasteiger partial charge in [-0.05, 0) is 49.4 Å². The summed E-state index contributed by atoms with van der Waals surface area (Å²) in [4.78, 5) is 21.1. The zero-order valence-electron chi connectivity index (χ0n) is 14.6. The van der Waals surface area contributed by atoms with E-state index in [1.165, 1.54) is 11.9 Å². The van der Waals surface area contributed by atoms with Crippen molar-refractivity contribution in [3.05, 3.63) is 52.8 Å². The number of piperazine rings is 1. The van der Waals surface area contributed by atoms with Crippen molar-refractivity contribution in [1.29, 1.82) is 0 Å². The van der Waals surface area contributed by atoms with Crippen LogP contribution in [0, 0.1) is 6.92 Å². The number of hydrogen-bond acceptors (Lipinski definition) is 4. The minimum atomic E-state index is -0.184. The van der Waals surface area contributed by atoms with Crippen LogP contribution in [0.2, 0.25) is 5.15 Å². The summed E-state index contributed by atoms with van der Waals surface area (Å²) in [5.41, 5.74) is 3.56. The number of benzene rings is 1. The number of carbonyl (C=O) groups excluding carboxylic acids is 1. The van der Waals surface area contributed by atoms with Crippen LogP contribution in [0.4, 0.5) is 11.4 Å². The number of hydrogen-bond donors (Lipinski definition) is 1. The van der Waals surface area contributed by atoms with Gasteiger partial charge in [-0.15, -0.1) is 0 Å². The summed E-state index contributed by atoms with van der Waals surface area (Å²) in [7, 11) is 0. The second kappa shape index (κ2) is 7.85. The van der Waals surface area contributed by atoms with Crippen molar-refractivity contribution in [2.24, 2.45) is 0 Å². The van der Waals surface area contributed by atoms with Crippen LogP contribution < -0.4 is 10.2 Å². The van der Waals surface area contributed by atoms with Crippen molar-refractivity contribution >= 4 is 28.9 Å². The molecule has 0 bridgehead atoms. The molecule has 1 N–H and O–H groups in total. The summed E-state index contributed by atoms with van der Waals surface area (Å²) < 4.78 is 0. The van der Waals surface area contributed by atoms with E-state index in [0.717, 1.165) is 44.0 Å². The van der Waals surface area contributed by atoms with Gasteiger partial charge in [0.15, 0.2) is 0 Å². The van der Waals surface area contributed by atoms with Crippen LogP contribution in [0.15, 0.2) is 36.5 Å². The predicted octanol–water partition coefficient (Wildman–Crippen LogP) is 3.44. The molecule has 0 atom stereocenters. The second-order valence-electron chi connectivity index (χ2n) is 6.24. The van der Waals surface area contributed by atoms with Gasteiger partial charge in [0.25, 0.3) is 5.91 Å². The minimum Gasteiger partial charge on any atom is -0.369 e. The highest BCUT2D eigenvalue weighted by Gasteiger charge is 2.16. The lowest BCUT2D eigenvalue weighted by Gasteiger charge is -2.35. The zero-order chi connectivity index (χ0) is 17.8. The Morgan fingerprint density at radius 2 is 1.96 bits per heavy atom. The molecule has 5 nitrogen and oxygen atoms in total. The summed E-state index contributed by atoms with van der Waals surface area (Å²) in [5.74, 6) is -0.184. The van der Waals surface area contributed by atoms with E-state index in [1.54, 1.807) is 12.1 Å². The predicted molar refractivity (Wildman–Crippen MR) is 103 cm³/mol. The molecule has 1 amide bonds. The lowest BCUT2D eigenvalue weighted by Crippen LogP contribution is -2.46. The molecule has 0 aliphatic carbocycles. The maximum Gasteiger partial charge on any atom is 0.257 e. The molecule has 1 fully saturated rings. The van der Waals surface area contributed by atoms with E-state index in [-0.39, 0.29) is 5.91 Å². The molecular weight excluding hydrogens is 336 g/mol. The Kier molecular flexibility index (Phi) is 5.56. The van der Waals surface area contributed by atoms with Gasteiger partial charge in [-0.2, -0.15) is 0 Å². The monoisotopic (exact) mass is 358 g/mol. The lowest BCUT2D eigenvalue weighted by atomic mass is 10.1. The lowest BCUT2D eigenvalue weighted by molar-refractivity contribution is 0.102. The largest absolute Gasteiger partial charge is 0.369 e. The van der Waals surface area contributed by atoms with Crippen LogP contribution in [-0.4, -0.2) is 48.5 Å². The number of halogens is 1.